The fraction of sp³-hybridized carbons (Fsp3) is 0.231. The molecule has 1 aromatic carbocycles. The second-order valence-corrected chi connectivity index (χ2v) is 4.20. The van der Waals surface area contributed by atoms with Crippen LogP contribution in [0, 0.1) is 5.82 Å². The van der Waals surface area contributed by atoms with Gasteiger partial charge in [0.2, 0.25) is 0 Å². The predicted octanol–water partition coefficient (Wildman–Crippen LogP) is 3.58. The molecule has 2 rings (SSSR count). The summed E-state index contributed by atoms with van der Waals surface area (Å²) in [4.78, 5) is 8.36. The van der Waals surface area contributed by atoms with E-state index >= 15 is 0 Å². The lowest BCUT2D eigenvalue weighted by molar-refractivity contribution is 0.413. The number of halogens is 2. The Hall–Kier alpha value is -1.88. The molecule has 1 heterocycles. The number of aryl methyl sites for hydroxylation is 1. The fourth-order valence-electron chi connectivity index (χ4n) is 1.59. The standard InChI is InChI=1S/C13H13ClFN3O/c1-3-12-17-11(14)7-13(18-12)16-9-5-4-8(15)6-10(9)19-2/h4-7H,3H2,1-2H3,(H,16,17,18). The van der Waals surface area contributed by atoms with E-state index in [1.807, 2.05) is 6.92 Å². The van der Waals surface area contributed by atoms with Crippen molar-refractivity contribution in [3.05, 3.63) is 41.1 Å². The Kier molecular flexibility index (Phi) is 4.16. The van der Waals surface area contributed by atoms with Gasteiger partial charge in [-0.1, -0.05) is 18.5 Å². The van der Waals surface area contributed by atoms with Crippen LogP contribution in [0.5, 0.6) is 5.75 Å². The van der Waals surface area contributed by atoms with E-state index in [-0.39, 0.29) is 5.82 Å². The van der Waals surface area contributed by atoms with Crippen molar-refractivity contribution >= 4 is 23.1 Å². The molecule has 0 atom stereocenters. The monoisotopic (exact) mass is 281 g/mol. The maximum absolute atomic E-state index is 13.1. The lowest BCUT2D eigenvalue weighted by atomic mass is 10.3. The highest BCUT2D eigenvalue weighted by Gasteiger charge is 2.07. The Bertz CT molecular complexity index is 592. The summed E-state index contributed by atoms with van der Waals surface area (Å²) >= 11 is 5.91. The van der Waals surface area contributed by atoms with Gasteiger partial charge >= 0.3 is 0 Å². The first kappa shape index (κ1) is 13.5. The van der Waals surface area contributed by atoms with Crippen LogP contribution in [0.3, 0.4) is 0 Å². The Balaban J connectivity index is 2.33. The first-order valence-corrected chi connectivity index (χ1v) is 6.14. The fourth-order valence-corrected chi connectivity index (χ4v) is 1.79. The number of benzene rings is 1. The van der Waals surface area contributed by atoms with Gasteiger partial charge in [0.1, 0.15) is 28.4 Å². The third-order valence-corrected chi connectivity index (χ3v) is 2.68. The summed E-state index contributed by atoms with van der Waals surface area (Å²) in [6, 6.07) is 5.82. The number of anilines is 2. The number of rotatable bonds is 4. The minimum Gasteiger partial charge on any atom is -0.494 e. The van der Waals surface area contributed by atoms with Gasteiger partial charge in [-0.3, -0.25) is 0 Å². The second-order valence-electron chi connectivity index (χ2n) is 3.82. The summed E-state index contributed by atoms with van der Waals surface area (Å²) in [6.45, 7) is 1.94. The lowest BCUT2D eigenvalue weighted by Gasteiger charge is -2.11. The molecule has 6 heteroatoms. The van der Waals surface area contributed by atoms with Crippen molar-refractivity contribution in [2.75, 3.05) is 12.4 Å². The molecule has 0 aliphatic heterocycles. The summed E-state index contributed by atoms with van der Waals surface area (Å²) in [5.41, 5.74) is 0.612. The number of ether oxygens (including phenoxy) is 1. The van der Waals surface area contributed by atoms with Crippen LogP contribution in [-0.4, -0.2) is 17.1 Å². The van der Waals surface area contributed by atoms with Gasteiger partial charge in [-0.2, -0.15) is 0 Å². The van der Waals surface area contributed by atoms with Crippen LogP contribution in [-0.2, 0) is 6.42 Å². The summed E-state index contributed by atoms with van der Waals surface area (Å²) in [5.74, 6) is 1.21. The quantitative estimate of drug-likeness (QED) is 0.870. The lowest BCUT2D eigenvalue weighted by Crippen LogP contribution is -2.01. The van der Waals surface area contributed by atoms with E-state index < -0.39 is 0 Å². The van der Waals surface area contributed by atoms with Crippen molar-refractivity contribution in [2.24, 2.45) is 0 Å². The van der Waals surface area contributed by atoms with Crippen LogP contribution in [0.15, 0.2) is 24.3 Å². The molecule has 0 saturated heterocycles. The average Bonchev–Trinajstić information content (AvgIpc) is 2.40. The maximum Gasteiger partial charge on any atom is 0.145 e. The third-order valence-electron chi connectivity index (χ3n) is 2.48. The Morgan fingerprint density at radius 3 is 2.79 bits per heavy atom. The first-order valence-electron chi connectivity index (χ1n) is 5.76. The second kappa shape index (κ2) is 5.84. The normalized spacial score (nSPS) is 10.3. The summed E-state index contributed by atoms with van der Waals surface area (Å²) in [6.07, 6.45) is 0.676. The van der Waals surface area contributed by atoms with E-state index in [9.17, 15) is 4.39 Å². The molecule has 100 valence electrons. The molecular weight excluding hydrogens is 269 g/mol. The molecule has 4 nitrogen and oxygen atoms in total. The topological polar surface area (TPSA) is 47.0 Å². The van der Waals surface area contributed by atoms with Crippen LogP contribution in [0.2, 0.25) is 5.15 Å². The molecule has 0 aliphatic rings. The van der Waals surface area contributed by atoms with Crippen LogP contribution < -0.4 is 10.1 Å². The van der Waals surface area contributed by atoms with Crippen molar-refractivity contribution in [2.45, 2.75) is 13.3 Å². The Labute approximate surface area is 115 Å². The number of nitrogens with zero attached hydrogens (tertiary/aromatic N) is 2. The van der Waals surface area contributed by atoms with Gasteiger partial charge in [-0.15, -0.1) is 0 Å². The molecule has 0 amide bonds. The van der Waals surface area contributed by atoms with Gasteiger partial charge in [0.05, 0.1) is 12.8 Å². The molecule has 0 saturated carbocycles. The maximum atomic E-state index is 13.1. The molecule has 0 fully saturated rings. The molecular formula is C13H13ClFN3O. The predicted molar refractivity (Wildman–Crippen MR) is 72.7 cm³/mol. The molecule has 2 aromatic rings. The highest BCUT2D eigenvalue weighted by molar-refractivity contribution is 6.29. The van der Waals surface area contributed by atoms with Gasteiger partial charge in [0.25, 0.3) is 0 Å². The summed E-state index contributed by atoms with van der Waals surface area (Å²) in [7, 11) is 1.48. The van der Waals surface area contributed by atoms with Crippen molar-refractivity contribution in [3.8, 4) is 5.75 Å². The SMILES string of the molecule is CCc1nc(Cl)cc(Nc2ccc(F)cc2OC)n1. The van der Waals surface area contributed by atoms with Crippen molar-refractivity contribution in [1.29, 1.82) is 0 Å². The molecule has 0 bridgehead atoms. The molecule has 1 N–H and O–H groups in total. The largest absolute Gasteiger partial charge is 0.494 e. The van der Waals surface area contributed by atoms with E-state index in [4.69, 9.17) is 16.3 Å². The third kappa shape index (κ3) is 3.32. The highest BCUT2D eigenvalue weighted by atomic mass is 35.5. The number of nitrogens with one attached hydrogen (secondary N) is 1. The van der Waals surface area contributed by atoms with Crippen molar-refractivity contribution in [3.63, 3.8) is 0 Å². The van der Waals surface area contributed by atoms with Crippen molar-refractivity contribution in [1.82, 2.24) is 9.97 Å². The smallest absolute Gasteiger partial charge is 0.145 e. The van der Waals surface area contributed by atoms with Crippen LogP contribution in [0.1, 0.15) is 12.7 Å². The number of hydrogen-bond acceptors (Lipinski definition) is 4. The zero-order valence-electron chi connectivity index (χ0n) is 10.6. The number of aromatic nitrogens is 2. The van der Waals surface area contributed by atoms with Gasteiger partial charge in [0, 0.05) is 18.6 Å². The van der Waals surface area contributed by atoms with E-state index in [2.05, 4.69) is 15.3 Å². The average molecular weight is 282 g/mol. The van der Waals surface area contributed by atoms with Crippen LogP contribution in [0.25, 0.3) is 0 Å². The molecule has 19 heavy (non-hydrogen) atoms. The van der Waals surface area contributed by atoms with E-state index in [0.29, 0.717) is 34.7 Å². The minimum absolute atomic E-state index is 0.357. The molecule has 0 aliphatic carbocycles. The number of methoxy groups -OCH3 is 1. The van der Waals surface area contributed by atoms with Gasteiger partial charge in [0.15, 0.2) is 0 Å². The van der Waals surface area contributed by atoms with Gasteiger partial charge in [-0.05, 0) is 12.1 Å². The zero-order chi connectivity index (χ0) is 13.8. The minimum atomic E-state index is -0.364. The van der Waals surface area contributed by atoms with Gasteiger partial charge < -0.3 is 10.1 Å². The van der Waals surface area contributed by atoms with Crippen LogP contribution >= 0.6 is 11.6 Å². The highest BCUT2D eigenvalue weighted by Crippen LogP contribution is 2.28. The summed E-state index contributed by atoms with van der Waals surface area (Å²) < 4.78 is 18.2. The van der Waals surface area contributed by atoms with E-state index in [1.165, 1.54) is 19.2 Å². The molecule has 1 aromatic heterocycles. The molecule has 0 unspecified atom stereocenters. The zero-order valence-corrected chi connectivity index (χ0v) is 11.3. The molecule has 0 radical (unpaired) electrons. The number of hydrogen-bond donors (Lipinski definition) is 1. The first-order chi connectivity index (χ1) is 9.12. The molecule has 0 spiro atoms. The van der Waals surface area contributed by atoms with E-state index in [0.717, 1.165) is 0 Å². The van der Waals surface area contributed by atoms with Crippen molar-refractivity contribution < 1.29 is 9.13 Å². The van der Waals surface area contributed by atoms with E-state index in [1.54, 1.807) is 12.1 Å². The van der Waals surface area contributed by atoms with Crippen LogP contribution in [0.4, 0.5) is 15.9 Å². The Morgan fingerprint density at radius 1 is 1.32 bits per heavy atom. The summed E-state index contributed by atoms with van der Waals surface area (Å²) in [5, 5.41) is 3.40. The van der Waals surface area contributed by atoms with Gasteiger partial charge in [-0.25, -0.2) is 14.4 Å². The Morgan fingerprint density at radius 2 is 2.11 bits per heavy atom.